The van der Waals surface area contributed by atoms with Gasteiger partial charge in [0.1, 0.15) is 0 Å². The quantitative estimate of drug-likeness (QED) is 0.745. The van der Waals surface area contributed by atoms with E-state index in [4.69, 9.17) is 5.73 Å². The first-order valence-electron chi connectivity index (χ1n) is 5.93. The van der Waals surface area contributed by atoms with Gasteiger partial charge in [-0.3, -0.25) is 0 Å². The molecule has 0 aliphatic heterocycles. The summed E-state index contributed by atoms with van der Waals surface area (Å²) in [6, 6.07) is 8.78. The molecule has 0 saturated heterocycles. The molecule has 3 N–H and O–H groups in total. The number of nitrogens with two attached hydrogens (primary N) is 1. The van der Waals surface area contributed by atoms with Crippen LogP contribution >= 0.6 is 11.8 Å². The van der Waals surface area contributed by atoms with Gasteiger partial charge in [0, 0.05) is 23.5 Å². The molecule has 0 unspecified atom stereocenters. The van der Waals surface area contributed by atoms with Crippen LogP contribution in [-0.4, -0.2) is 17.8 Å². The lowest BCUT2D eigenvalue weighted by molar-refractivity contribution is 0.569. The highest BCUT2D eigenvalue weighted by atomic mass is 32.2. The molecule has 0 amide bonds. The van der Waals surface area contributed by atoms with Gasteiger partial charge in [-0.05, 0) is 36.3 Å². The van der Waals surface area contributed by atoms with Crippen molar-refractivity contribution in [1.82, 2.24) is 5.32 Å². The van der Waals surface area contributed by atoms with Crippen LogP contribution in [0.1, 0.15) is 25.3 Å². The Labute approximate surface area is 102 Å². The van der Waals surface area contributed by atoms with Crippen molar-refractivity contribution >= 4 is 11.8 Å². The Hall–Kier alpha value is -0.510. The van der Waals surface area contributed by atoms with E-state index in [0.717, 1.165) is 18.8 Å². The van der Waals surface area contributed by atoms with Gasteiger partial charge in [-0.2, -0.15) is 0 Å². The Kier molecular flexibility index (Phi) is 3.90. The first kappa shape index (κ1) is 12.0. The Morgan fingerprint density at radius 2 is 2.00 bits per heavy atom. The molecule has 1 aliphatic carbocycles. The summed E-state index contributed by atoms with van der Waals surface area (Å²) in [6.07, 6.45) is 2.35. The molecule has 0 spiro atoms. The first-order chi connectivity index (χ1) is 7.72. The van der Waals surface area contributed by atoms with Gasteiger partial charge in [-0.15, -0.1) is 11.8 Å². The molecule has 0 atom stereocenters. The molecule has 0 bridgehead atoms. The van der Waals surface area contributed by atoms with Crippen LogP contribution in [0.2, 0.25) is 0 Å². The summed E-state index contributed by atoms with van der Waals surface area (Å²) in [6.45, 7) is 4.05. The molecule has 16 heavy (non-hydrogen) atoms. The molecule has 1 saturated carbocycles. The standard InChI is InChI=1S/C13H20N2S/c1-2-16-12-5-3-11(4-6-12)9-15-10-13(14)7-8-13/h3-6,15H,2,7-10,14H2,1H3. The third-order valence-electron chi connectivity index (χ3n) is 2.93. The van der Waals surface area contributed by atoms with Crippen molar-refractivity contribution < 1.29 is 0 Å². The molecule has 0 aromatic heterocycles. The zero-order valence-electron chi connectivity index (χ0n) is 9.83. The van der Waals surface area contributed by atoms with Crippen molar-refractivity contribution in [3.8, 4) is 0 Å². The van der Waals surface area contributed by atoms with E-state index in [1.807, 2.05) is 11.8 Å². The van der Waals surface area contributed by atoms with Crippen LogP contribution in [0.4, 0.5) is 0 Å². The van der Waals surface area contributed by atoms with Crippen molar-refractivity contribution in [3.63, 3.8) is 0 Å². The summed E-state index contributed by atoms with van der Waals surface area (Å²) < 4.78 is 0. The molecule has 1 aromatic carbocycles. The van der Waals surface area contributed by atoms with Crippen molar-refractivity contribution in [2.45, 2.75) is 36.7 Å². The normalized spacial score (nSPS) is 17.4. The summed E-state index contributed by atoms with van der Waals surface area (Å²) in [4.78, 5) is 1.35. The van der Waals surface area contributed by atoms with E-state index >= 15 is 0 Å². The van der Waals surface area contributed by atoms with E-state index in [1.165, 1.54) is 23.3 Å². The molecular weight excluding hydrogens is 216 g/mol. The highest BCUT2D eigenvalue weighted by molar-refractivity contribution is 7.99. The van der Waals surface area contributed by atoms with Crippen LogP contribution in [0.5, 0.6) is 0 Å². The maximum atomic E-state index is 6.01. The second-order valence-corrected chi connectivity index (χ2v) is 5.88. The Morgan fingerprint density at radius 3 is 2.56 bits per heavy atom. The average Bonchev–Trinajstić information content (AvgIpc) is 3.00. The van der Waals surface area contributed by atoms with Crippen LogP contribution in [0.3, 0.4) is 0 Å². The Bertz CT molecular complexity index is 330. The number of nitrogens with one attached hydrogen (secondary N) is 1. The fourth-order valence-electron chi connectivity index (χ4n) is 1.66. The molecule has 1 aliphatic rings. The summed E-state index contributed by atoms with van der Waals surface area (Å²) in [7, 11) is 0. The summed E-state index contributed by atoms with van der Waals surface area (Å²) in [5.41, 5.74) is 7.46. The molecular formula is C13H20N2S. The molecule has 1 fully saturated rings. The Balaban J connectivity index is 1.76. The van der Waals surface area contributed by atoms with Crippen molar-refractivity contribution in [1.29, 1.82) is 0 Å². The van der Waals surface area contributed by atoms with Crippen LogP contribution in [0, 0.1) is 0 Å². The van der Waals surface area contributed by atoms with Gasteiger partial charge in [-0.25, -0.2) is 0 Å². The fourth-order valence-corrected chi connectivity index (χ4v) is 2.33. The molecule has 2 nitrogen and oxygen atoms in total. The SMILES string of the molecule is CCSc1ccc(CNCC2(N)CC2)cc1. The minimum Gasteiger partial charge on any atom is -0.324 e. The van der Waals surface area contributed by atoms with Crippen molar-refractivity contribution in [2.75, 3.05) is 12.3 Å². The van der Waals surface area contributed by atoms with E-state index in [2.05, 4.69) is 36.5 Å². The minimum absolute atomic E-state index is 0.109. The third kappa shape index (κ3) is 3.51. The highest BCUT2D eigenvalue weighted by Crippen LogP contribution is 2.31. The average molecular weight is 236 g/mol. The minimum atomic E-state index is 0.109. The zero-order valence-corrected chi connectivity index (χ0v) is 10.6. The molecule has 0 heterocycles. The number of hydrogen-bond acceptors (Lipinski definition) is 3. The number of thioether (sulfide) groups is 1. The molecule has 2 rings (SSSR count). The number of hydrogen-bond donors (Lipinski definition) is 2. The van der Waals surface area contributed by atoms with E-state index in [-0.39, 0.29) is 5.54 Å². The molecule has 3 heteroatoms. The molecule has 0 radical (unpaired) electrons. The maximum absolute atomic E-state index is 6.01. The number of rotatable bonds is 6. The van der Waals surface area contributed by atoms with E-state index in [0.29, 0.717) is 0 Å². The van der Waals surface area contributed by atoms with E-state index < -0.39 is 0 Å². The van der Waals surface area contributed by atoms with E-state index in [9.17, 15) is 0 Å². The van der Waals surface area contributed by atoms with Gasteiger partial charge in [0.2, 0.25) is 0 Å². The smallest absolute Gasteiger partial charge is 0.0282 e. The lowest BCUT2D eigenvalue weighted by Gasteiger charge is -2.10. The fraction of sp³-hybridized carbons (Fsp3) is 0.538. The molecule has 88 valence electrons. The van der Waals surface area contributed by atoms with Crippen molar-refractivity contribution in [2.24, 2.45) is 5.73 Å². The highest BCUT2D eigenvalue weighted by Gasteiger charge is 2.37. The second kappa shape index (κ2) is 5.21. The first-order valence-corrected chi connectivity index (χ1v) is 6.92. The zero-order chi connectivity index (χ0) is 11.4. The monoisotopic (exact) mass is 236 g/mol. The van der Waals surface area contributed by atoms with Gasteiger partial charge in [0.15, 0.2) is 0 Å². The topological polar surface area (TPSA) is 38.0 Å². The van der Waals surface area contributed by atoms with E-state index in [1.54, 1.807) is 0 Å². The van der Waals surface area contributed by atoms with Crippen LogP contribution in [0.15, 0.2) is 29.2 Å². The van der Waals surface area contributed by atoms with Crippen LogP contribution < -0.4 is 11.1 Å². The lowest BCUT2D eigenvalue weighted by atomic mass is 10.2. The van der Waals surface area contributed by atoms with Crippen molar-refractivity contribution in [3.05, 3.63) is 29.8 Å². The van der Waals surface area contributed by atoms with Crippen LogP contribution in [0.25, 0.3) is 0 Å². The second-order valence-electron chi connectivity index (χ2n) is 4.54. The van der Waals surface area contributed by atoms with Gasteiger partial charge >= 0.3 is 0 Å². The summed E-state index contributed by atoms with van der Waals surface area (Å²) in [5.74, 6) is 1.13. The van der Waals surface area contributed by atoms with Gasteiger partial charge < -0.3 is 11.1 Å². The summed E-state index contributed by atoms with van der Waals surface area (Å²) in [5, 5.41) is 3.42. The van der Waals surface area contributed by atoms with Gasteiger partial charge in [0.05, 0.1) is 0 Å². The number of benzene rings is 1. The van der Waals surface area contributed by atoms with Gasteiger partial charge in [0.25, 0.3) is 0 Å². The largest absolute Gasteiger partial charge is 0.324 e. The Morgan fingerprint density at radius 1 is 1.31 bits per heavy atom. The van der Waals surface area contributed by atoms with Crippen LogP contribution in [-0.2, 0) is 6.54 Å². The predicted molar refractivity (Wildman–Crippen MR) is 70.7 cm³/mol. The summed E-state index contributed by atoms with van der Waals surface area (Å²) >= 11 is 1.88. The lowest BCUT2D eigenvalue weighted by Crippen LogP contribution is -2.35. The predicted octanol–water partition coefficient (Wildman–Crippen LogP) is 2.38. The third-order valence-corrected chi connectivity index (χ3v) is 3.83. The molecule has 1 aromatic rings. The maximum Gasteiger partial charge on any atom is 0.0282 e. The van der Waals surface area contributed by atoms with Gasteiger partial charge in [-0.1, -0.05) is 19.1 Å².